The number of ether oxygens (including phenoxy) is 7. The molecule has 0 saturated heterocycles. The molecule has 0 amide bonds. The second kappa shape index (κ2) is 13.6. The number of nitrogens with zero attached hydrogens (tertiary/aromatic N) is 1. The Bertz CT molecular complexity index is 1850. The number of aryl methyl sites for hydroxylation is 1. The van der Waals surface area contributed by atoms with Gasteiger partial charge in [-0.15, -0.1) is 12.3 Å². The molecular formula is C36H35NO9. The van der Waals surface area contributed by atoms with Gasteiger partial charge in [-0.05, 0) is 54.8 Å². The fourth-order valence-electron chi connectivity index (χ4n) is 5.95. The minimum atomic E-state index is -0.460. The van der Waals surface area contributed by atoms with E-state index in [2.05, 4.69) is 10.5 Å². The van der Waals surface area contributed by atoms with Crippen LogP contribution in [0.1, 0.15) is 24.1 Å². The molecule has 0 atom stereocenters. The lowest BCUT2D eigenvalue weighted by Gasteiger charge is -2.24. The maximum Gasteiger partial charge on any atom is 0.312 e. The first kappa shape index (κ1) is 31.9. The summed E-state index contributed by atoms with van der Waals surface area (Å²) in [4.78, 5) is 24.1. The highest BCUT2D eigenvalue weighted by Gasteiger charge is 2.31. The third-order valence-electron chi connectivity index (χ3n) is 8.07. The van der Waals surface area contributed by atoms with Crippen LogP contribution in [0.5, 0.6) is 40.2 Å². The number of benzene rings is 3. The van der Waals surface area contributed by atoms with Gasteiger partial charge < -0.3 is 37.7 Å². The minimum absolute atomic E-state index is 0.0820. The standard InChI is InChI=1S/C36H35NO9/c1-8-9-10-33(39)46-26-12-11-23(16-28(26)40-3)35-34(25-18-31(43-6)32(44-7)19-27(25)45-20-38)21(2)37-14-13-22-15-29(41-4)30(42-5)17-24(22)36(35)37/h1,11-12,15-20H,9-10,13-14H2,2-7H3. The molecule has 3 aromatic carbocycles. The largest absolute Gasteiger partial charge is 0.493 e. The summed E-state index contributed by atoms with van der Waals surface area (Å²) in [6.45, 7) is 3.08. The molecule has 0 unspecified atom stereocenters. The number of methoxy groups -OCH3 is 5. The zero-order valence-corrected chi connectivity index (χ0v) is 26.6. The Morgan fingerprint density at radius 1 is 0.804 bits per heavy atom. The average Bonchev–Trinajstić information content (AvgIpc) is 3.38. The van der Waals surface area contributed by atoms with Crippen LogP contribution in [0.15, 0.2) is 42.5 Å². The van der Waals surface area contributed by atoms with Crippen LogP contribution in [0.4, 0.5) is 0 Å². The molecule has 46 heavy (non-hydrogen) atoms. The summed E-state index contributed by atoms with van der Waals surface area (Å²) in [6, 6.07) is 12.8. The van der Waals surface area contributed by atoms with Gasteiger partial charge >= 0.3 is 5.97 Å². The Morgan fingerprint density at radius 3 is 2.04 bits per heavy atom. The highest BCUT2D eigenvalue weighted by molar-refractivity contribution is 5.99. The molecule has 0 fully saturated rings. The topological polar surface area (TPSA) is 104 Å². The van der Waals surface area contributed by atoms with E-state index in [0.717, 1.165) is 45.6 Å². The molecule has 0 aliphatic carbocycles. The first-order valence-electron chi connectivity index (χ1n) is 14.5. The predicted octanol–water partition coefficient (Wildman–Crippen LogP) is 6.25. The smallest absolute Gasteiger partial charge is 0.312 e. The zero-order chi connectivity index (χ0) is 33.0. The van der Waals surface area contributed by atoms with Crippen LogP contribution < -0.4 is 33.2 Å². The Labute approximate surface area is 267 Å². The molecule has 5 rings (SSSR count). The normalized spacial score (nSPS) is 11.4. The first-order valence-corrected chi connectivity index (χ1v) is 14.5. The van der Waals surface area contributed by atoms with Crippen LogP contribution in [0, 0.1) is 19.3 Å². The van der Waals surface area contributed by atoms with Crippen molar-refractivity contribution in [1.82, 2.24) is 4.57 Å². The minimum Gasteiger partial charge on any atom is -0.493 e. The molecule has 0 spiro atoms. The summed E-state index contributed by atoms with van der Waals surface area (Å²) in [7, 11) is 7.79. The fourth-order valence-corrected chi connectivity index (χ4v) is 5.95. The van der Waals surface area contributed by atoms with E-state index in [-0.39, 0.29) is 18.6 Å². The van der Waals surface area contributed by atoms with Crippen molar-refractivity contribution in [2.24, 2.45) is 0 Å². The lowest BCUT2D eigenvalue weighted by molar-refractivity contribution is -0.134. The maximum atomic E-state index is 12.4. The number of hydrogen-bond donors (Lipinski definition) is 0. The Kier molecular flexibility index (Phi) is 9.42. The molecule has 1 aliphatic heterocycles. The fraction of sp³-hybridized carbons (Fsp3) is 0.278. The molecule has 1 aliphatic rings. The Balaban J connectivity index is 1.84. The molecule has 0 bridgehead atoms. The highest BCUT2D eigenvalue weighted by atomic mass is 16.6. The van der Waals surface area contributed by atoms with E-state index >= 15 is 0 Å². The van der Waals surface area contributed by atoms with Gasteiger partial charge in [0.25, 0.3) is 6.47 Å². The van der Waals surface area contributed by atoms with E-state index in [4.69, 9.17) is 39.6 Å². The van der Waals surface area contributed by atoms with Gasteiger partial charge in [0.2, 0.25) is 0 Å². The van der Waals surface area contributed by atoms with E-state index < -0.39 is 5.97 Å². The number of fused-ring (bicyclic) bond motifs is 3. The van der Waals surface area contributed by atoms with Crippen molar-refractivity contribution in [2.45, 2.75) is 32.7 Å². The Hall–Kier alpha value is -5.56. The molecule has 10 heteroatoms. The van der Waals surface area contributed by atoms with Gasteiger partial charge in [-0.3, -0.25) is 9.59 Å². The number of esters is 1. The average molecular weight is 626 g/mol. The molecule has 0 radical (unpaired) electrons. The van der Waals surface area contributed by atoms with Crippen LogP contribution in [0.25, 0.3) is 33.5 Å². The molecule has 2 heterocycles. The molecule has 1 aromatic heterocycles. The van der Waals surface area contributed by atoms with Gasteiger partial charge in [0.1, 0.15) is 5.75 Å². The van der Waals surface area contributed by atoms with Crippen molar-refractivity contribution in [1.29, 1.82) is 0 Å². The zero-order valence-electron chi connectivity index (χ0n) is 26.6. The van der Waals surface area contributed by atoms with Crippen LogP contribution in [0.2, 0.25) is 0 Å². The Morgan fingerprint density at radius 2 is 1.41 bits per heavy atom. The highest BCUT2D eigenvalue weighted by Crippen LogP contribution is 2.53. The van der Waals surface area contributed by atoms with Crippen LogP contribution in [-0.2, 0) is 22.6 Å². The first-order chi connectivity index (χ1) is 22.3. The third kappa shape index (κ3) is 5.68. The van der Waals surface area contributed by atoms with Crippen molar-refractivity contribution in [3.63, 3.8) is 0 Å². The van der Waals surface area contributed by atoms with Gasteiger partial charge in [0.15, 0.2) is 34.5 Å². The third-order valence-corrected chi connectivity index (χ3v) is 8.07. The van der Waals surface area contributed by atoms with E-state index in [1.54, 1.807) is 39.5 Å². The maximum absolute atomic E-state index is 12.4. The lowest BCUT2D eigenvalue weighted by atomic mass is 9.89. The van der Waals surface area contributed by atoms with Gasteiger partial charge in [-0.25, -0.2) is 0 Å². The summed E-state index contributed by atoms with van der Waals surface area (Å²) < 4.78 is 41.6. The molecule has 0 N–H and O–H groups in total. The molecule has 0 saturated carbocycles. The summed E-state index contributed by atoms with van der Waals surface area (Å²) in [5, 5.41) is 0. The molecule has 238 valence electrons. The van der Waals surface area contributed by atoms with E-state index in [1.165, 1.54) is 14.2 Å². The van der Waals surface area contributed by atoms with Gasteiger partial charge in [0.05, 0.1) is 47.7 Å². The van der Waals surface area contributed by atoms with Crippen molar-refractivity contribution in [2.75, 3.05) is 35.5 Å². The summed E-state index contributed by atoms with van der Waals surface area (Å²) in [6.07, 6.45) is 6.42. The van der Waals surface area contributed by atoms with Crippen molar-refractivity contribution in [3.8, 4) is 86.1 Å². The van der Waals surface area contributed by atoms with Crippen LogP contribution in [-0.4, -0.2) is 52.6 Å². The predicted molar refractivity (Wildman–Crippen MR) is 172 cm³/mol. The molecular weight excluding hydrogens is 590 g/mol. The van der Waals surface area contributed by atoms with Crippen LogP contribution >= 0.6 is 0 Å². The monoisotopic (exact) mass is 625 g/mol. The van der Waals surface area contributed by atoms with E-state index in [9.17, 15) is 9.59 Å². The summed E-state index contributed by atoms with van der Waals surface area (Å²) >= 11 is 0. The van der Waals surface area contributed by atoms with Crippen LogP contribution in [0.3, 0.4) is 0 Å². The SMILES string of the molecule is C#CCCC(=O)Oc1ccc(-c2c(-c3cc(OC)c(OC)cc3OC=O)c(C)n3c2-c2cc(OC)c(OC)cc2CC3)cc1OC. The lowest BCUT2D eigenvalue weighted by Crippen LogP contribution is -2.12. The second-order valence-corrected chi connectivity index (χ2v) is 10.4. The second-order valence-electron chi connectivity index (χ2n) is 10.4. The van der Waals surface area contributed by atoms with Gasteiger partial charge in [0, 0.05) is 47.0 Å². The number of carbonyl (C=O) groups excluding carboxylic acids is 2. The number of hydrogen-bond acceptors (Lipinski definition) is 9. The quantitative estimate of drug-likeness (QED) is 0.0782. The van der Waals surface area contributed by atoms with Crippen molar-refractivity contribution < 1.29 is 42.7 Å². The van der Waals surface area contributed by atoms with E-state index in [0.29, 0.717) is 53.1 Å². The molecule has 4 aromatic rings. The number of carbonyl (C=O) groups is 2. The number of aromatic nitrogens is 1. The molecule has 10 nitrogen and oxygen atoms in total. The van der Waals surface area contributed by atoms with E-state index in [1.807, 2.05) is 31.2 Å². The van der Waals surface area contributed by atoms with Crippen molar-refractivity contribution in [3.05, 3.63) is 53.7 Å². The number of terminal acetylenes is 1. The van der Waals surface area contributed by atoms with Gasteiger partial charge in [-0.2, -0.15) is 0 Å². The van der Waals surface area contributed by atoms with Gasteiger partial charge in [-0.1, -0.05) is 6.07 Å². The summed E-state index contributed by atoms with van der Waals surface area (Å²) in [5.41, 5.74) is 6.90. The van der Waals surface area contributed by atoms with Crippen molar-refractivity contribution >= 4 is 12.4 Å². The number of rotatable bonds is 12. The summed E-state index contributed by atoms with van der Waals surface area (Å²) in [5.74, 6) is 5.00.